The van der Waals surface area contributed by atoms with Crippen molar-refractivity contribution in [3.05, 3.63) is 130 Å². The molecule has 0 bridgehead atoms. The monoisotopic (exact) mass is 583 g/mol. The molecular weight excluding hydrogens is 559 g/mol. The van der Waals surface area contributed by atoms with Gasteiger partial charge in [-0.25, -0.2) is 9.67 Å². The molecule has 0 N–H and O–H groups in total. The molecule has 0 atom stereocenters. The van der Waals surface area contributed by atoms with Gasteiger partial charge in [0.05, 0.1) is 22.3 Å². The van der Waals surface area contributed by atoms with Crippen LogP contribution < -0.4 is 4.74 Å². The first kappa shape index (κ1) is 27.5. The normalized spacial score (nSPS) is 11.7. The minimum absolute atomic E-state index is 0.0758. The highest BCUT2D eigenvalue weighted by Crippen LogP contribution is 2.42. The Labute approximate surface area is 246 Å². The predicted octanol–water partition coefficient (Wildman–Crippen LogP) is 9.62. The molecular formula is C34H25ClF3N3O. The van der Waals surface area contributed by atoms with Crippen molar-refractivity contribution in [2.75, 3.05) is 0 Å². The number of fused-ring (bicyclic) bond motifs is 1. The van der Waals surface area contributed by atoms with Crippen molar-refractivity contribution in [3.63, 3.8) is 0 Å². The summed E-state index contributed by atoms with van der Waals surface area (Å²) in [5.41, 5.74) is 4.36. The van der Waals surface area contributed by atoms with Gasteiger partial charge < -0.3 is 4.74 Å². The number of nitrogens with zero attached hydrogens (tertiary/aromatic N) is 3. The van der Waals surface area contributed by atoms with E-state index in [-0.39, 0.29) is 22.4 Å². The lowest BCUT2D eigenvalue weighted by atomic mass is 10.0. The summed E-state index contributed by atoms with van der Waals surface area (Å²) in [6.45, 7) is 4.31. The lowest BCUT2D eigenvalue weighted by Crippen LogP contribution is -2.08. The van der Waals surface area contributed by atoms with Crippen LogP contribution >= 0.6 is 11.6 Å². The van der Waals surface area contributed by atoms with Gasteiger partial charge in [-0.2, -0.15) is 18.3 Å². The van der Waals surface area contributed by atoms with Gasteiger partial charge in [0.2, 0.25) is 0 Å². The van der Waals surface area contributed by atoms with Crippen molar-refractivity contribution in [1.29, 1.82) is 0 Å². The van der Waals surface area contributed by atoms with Gasteiger partial charge in [0.1, 0.15) is 18.1 Å². The summed E-state index contributed by atoms with van der Waals surface area (Å²) in [5.74, 6) is 0.599. The lowest BCUT2D eigenvalue weighted by Gasteiger charge is -2.13. The van der Waals surface area contributed by atoms with Crippen molar-refractivity contribution in [2.24, 2.45) is 0 Å². The van der Waals surface area contributed by atoms with Crippen LogP contribution in [0.25, 0.3) is 39.2 Å². The topological polar surface area (TPSA) is 39.9 Å². The maximum Gasteiger partial charge on any atom is 0.417 e. The molecule has 0 spiro atoms. The molecule has 0 aliphatic carbocycles. The van der Waals surface area contributed by atoms with Gasteiger partial charge in [-0.05, 0) is 67.9 Å². The molecule has 6 rings (SSSR count). The van der Waals surface area contributed by atoms with E-state index in [0.29, 0.717) is 34.2 Å². The number of aryl methyl sites for hydroxylation is 2. The highest BCUT2D eigenvalue weighted by Gasteiger charge is 2.36. The number of benzene rings is 4. The molecule has 4 nitrogen and oxygen atoms in total. The molecule has 0 amide bonds. The summed E-state index contributed by atoms with van der Waals surface area (Å²) in [6.07, 6.45) is -4.66. The number of rotatable bonds is 6. The number of pyridine rings is 1. The number of aromatic nitrogens is 3. The number of ether oxygens (including phenoxy) is 1. The van der Waals surface area contributed by atoms with Crippen LogP contribution in [0.5, 0.6) is 5.75 Å². The van der Waals surface area contributed by atoms with Crippen LogP contribution in [0.1, 0.15) is 22.3 Å². The molecule has 2 heterocycles. The smallest absolute Gasteiger partial charge is 0.417 e. The summed E-state index contributed by atoms with van der Waals surface area (Å²) < 4.78 is 51.4. The fourth-order valence-corrected chi connectivity index (χ4v) is 4.95. The summed E-state index contributed by atoms with van der Waals surface area (Å²) in [4.78, 5) is 4.74. The van der Waals surface area contributed by atoms with Crippen LogP contribution in [-0.2, 0) is 12.8 Å². The molecule has 0 fully saturated rings. The predicted molar refractivity (Wildman–Crippen MR) is 160 cm³/mol. The third-order valence-corrected chi connectivity index (χ3v) is 7.23. The largest absolute Gasteiger partial charge is 0.489 e. The molecule has 0 aliphatic rings. The van der Waals surface area contributed by atoms with Crippen LogP contribution in [0.15, 0.2) is 103 Å². The minimum Gasteiger partial charge on any atom is -0.489 e. The number of alkyl halides is 3. The van der Waals surface area contributed by atoms with E-state index in [1.165, 1.54) is 4.68 Å². The van der Waals surface area contributed by atoms with Crippen LogP contribution in [0.2, 0.25) is 5.02 Å². The Morgan fingerprint density at radius 1 is 0.786 bits per heavy atom. The molecule has 0 aliphatic heterocycles. The second-order valence-corrected chi connectivity index (χ2v) is 10.6. The van der Waals surface area contributed by atoms with E-state index in [2.05, 4.69) is 5.10 Å². The Balaban J connectivity index is 1.47. The first-order chi connectivity index (χ1) is 20.2. The SMILES string of the molecule is Cc1ccc(COc2ccc(-c3cc(C(F)(F)F)c4c(-c5ccc(C)cc5)nn(-c5cccc(Cl)c5)c4n3)cc2)cc1. The second kappa shape index (κ2) is 11.0. The quantitative estimate of drug-likeness (QED) is 0.196. The van der Waals surface area contributed by atoms with E-state index >= 15 is 0 Å². The zero-order chi connectivity index (χ0) is 29.4. The molecule has 4 aromatic carbocycles. The third-order valence-electron chi connectivity index (χ3n) is 7.00. The van der Waals surface area contributed by atoms with Crippen molar-refractivity contribution >= 4 is 22.6 Å². The fraction of sp³-hybridized carbons (Fsp3) is 0.118. The Kier molecular flexibility index (Phi) is 7.21. The molecule has 0 saturated heterocycles. The van der Waals surface area contributed by atoms with Crippen LogP contribution in [-0.4, -0.2) is 14.8 Å². The lowest BCUT2D eigenvalue weighted by molar-refractivity contribution is -0.136. The Morgan fingerprint density at radius 2 is 1.43 bits per heavy atom. The molecule has 210 valence electrons. The van der Waals surface area contributed by atoms with Gasteiger partial charge in [0.25, 0.3) is 0 Å². The van der Waals surface area contributed by atoms with E-state index in [4.69, 9.17) is 21.3 Å². The summed E-state index contributed by atoms with van der Waals surface area (Å²) in [5, 5.41) is 5.01. The molecule has 0 radical (unpaired) electrons. The van der Waals surface area contributed by atoms with Crippen molar-refractivity contribution < 1.29 is 17.9 Å². The minimum atomic E-state index is -4.66. The van der Waals surface area contributed by atoms with Gasteiger partial charge in [0, 0.05) is 16.1 Å². The van der Waals surface area contributed by atoms with E-state index in [1.807, 2.05) is 50.2 Å². The van der Waals surface area contributed by atoms with E-state index in [1.54, 1.807) is 60.7 Å². The highest BCUT2D eigenvalue weighted by atomic mass is 35.5. The van der Waals surface area contributed by atoms with Crippen molar-refractivity contribution in [3.8, 4) is 34.0 Å². The molecule has 8 heteroatoms. The van der Waals surface area contributed by atoms with E-state index in [9.17, 15) is 13.2 Å². The number of hydrogen-bond acceptors (Lipinski definition) is 3. The summed E-state index contributed by atoms with van der Waals surface area (Å²) in [6, 6.07) is 30.0. The number of hydrogen-bond donors (Lipinski definition) is 0. The Bertz CT molecular complexity index is 1880. The molecule has 0 unspecified atom stereocenters. The Morgan fingerprint density at radius 3 is 2.07 bits per heavy atom. The zero-order valence-electron chi connectivity index (χ0n) is 22.8. The van der Waals surface area contributed by atoms with Crippen molar-refractivity contribution in [2.45, 2.75) is 26.6 Å². The first-order valence-electron chi connectivity index (χ1n) is 13.3. The molecule has 0 saturated carbocycles. The maximum absolute atomic E-state index is 14.7. The molecule has 2 aromatic heterocycles. The average molecular weight is 584 g/mol. The number of halogens is 4. The van der Waals surface area contributed by atoms with Crippen molar-refractivity contribution in [1.82, 2.24) is 14.8 Å². The molecule has 6 aromatic rings. The standard InChI is InChI=1S/C34H25ClF3N3O/c1-21-6-10-23(11-7-21)20-42-28-16-14-24(15-17-28)30-19-29(34(36,37)38)31-32(25-12-8-22(2)9-13-25)40-41(33(31)39-30)27-5-3-4-26(35)18-27/h3-19H,20H2,1-2H3. The average Bonchev–Trinajstić information content (AvgIpc) is 3.36. The van der Waals surface area contributed by atoms with Crippen LogP contribution in [0, 0.1) is 13.8 Å². The van der Waals surface area contributed by atoms with E-state index < -0.39 is 11.7 Å². The van der Waals surface area contributed by atoms with Gasteiger partial charge in [-0.3, -0.25) is 0 Å². The van der Waals surface area contributed by atoms with E-state index in [0.717, 1.165) is 22.8 Å². The summed E-state index contributed by atoms with van der Waals surface area (Å²) >= 11 is 6.25. The van der Waals surface area contributed by atoms with Gasteiger partial charge in [0.15, 0.2) is 5.65 Å². The van der Waals surface area contributed by atoms with Crippen LogP contribution in [0.3, 0.4) is 0 Å². The molecule has 42 heavy (non-hydrogen) atoms. The van der Waals surface area contributed by atoms with Gasteiger partial charge in [-0.15, -0.1) is 0 Å². The Hall–Kier alpha value is -4.62. The fourth-order valence-electron chi connectivity index (χ4n) is 4.76. The first-order valence-corrected chi connectivity index (χ1v) is 13.7. The highest BCUT2D eigenvalue weighted by molar-refractivity contribution is 6.30. The van der Waals surface area contributed by atoms with Gasteiger partial charge in [-0.1, -0.05) is 77.3 Å². The van der Waals surface area contributed by atoms with Crippen LogP contribution in [0.4, 0.5) is 13.2 Å². The summed E-state index contributed by atoms with van der Waals surface area (Å²) in [7, 11) is 0. The zero-order valence-corrected chi connectivity index (χ0v) is 23.5. The second-order valence-electron chi connectivity index (χ2n) is 10.2. The van der Waals surface area contributed by atoms with Gasteiger partial charge >= 0.3 is 6.18 Å². The third kappa shape index (κ3) is 5.60. The maximum atomic E-state index is 14.7.